The molecule has 0 N–H and O–H groups in total. The van der Waals surface area contributed by atoms with Crippen LogP contribution in [-0.4, -0.2) is 42.3 Å². The fourth-order valence-corrected chi connectivity index (χ4v) is 3.11. The lowest BCUT2D eigenvalue weighted by atomic mass is 9.88. The number of piperidine rings is 1. The van der Waals surface area contributed by atoms with Crippen LogP contribution in [0.3, 0.4) is 0 Å². The van der Waals surface area contributed by atoms with Crippen molar-refractivity contribution in [1.82, 2.24) is 10.1 Å². The van der Waals surface area contributed by atoms with Crippen molar-refractivity contribution in [3.63, 3.8) is 0 Å². The van der Waals surface area contributed by atoms with Gasteiger partial charge in [-0.1, -0.05) is 35.5 Å². The number of ether oxygens (including phenoxy) is 1. The smallest absolute Gasteiger partial charge is 0.258 e. The molecule has 1 fully saturated rings. The molecule has 1 aliphatic rings. The largest absolute Gasteiger partial charge is 0.381 e. The molecule has 1 aliphatic heterocycles. The van der Waals surface area contributed by atoms with E-state index in [2.05, 4.69) is 17.3 Å². The van der Waals surface area contributed by atoms with Crippen LogP contribution < -0.4 is 0 Å². The molecule has 0 unspecified atom stereocenters. The molecule has 0 bridgehead atoms. The second-order valence-corrected chi connectivity index (χ2v) is 5.68. The van der Waals surface area contributed by atoms with E-state index in [-0.39, 0.29) is 12.0 Å². The Hall–Kier alpha value is -2.14. The number of hydrogen-bond acceptors (Lipinski definition) is 4. The number of amides is 1. The Morgan fingerprint density at radius 3 is 2.91 bits per heavy atom. The Balaban J connectivity index is 1.71. The van der Waals surface area contributed by atoms with Crippen LogP contribution in [0.25, 0.3) is 0 Å². The quantitative estimate of drug-likeness (QED) is 0.870. The van der Waals surface area contributed by atoms with Gasteiger partial charge < -0.3 is 14.2 Å². The number of aromatic nitrogens is 1. The predicted molar refractivity (Wildman–Crippen MR) is 81.5 cm³/mol. The zero-order valence-corrected chi connectivity index (χ0v) is 12.6. The molecular formula is C17H20N2O3. The number of methoxy groups -OCH3 is 1. The van der Waals surface area contributed by atoms with Gasteiger partial charge in [0, 0.05) is 26.1 Å². The highest BCUT2D eigenvalue weighted by molar-refractivity contribution is 5.93. The topological polar surface area (TPSA) is 55.6 Å². The molecule has 5 nitrogen and oxygen atoms in total. The number of likely N-dealkylation sites (tertiary alicyclic amines) is 1. The summed E-state index contributed by atoms with van der Waals surface area (Å²) in [4.78, 5) is 14.3. The normalized spacial score (nSPS) is 21.8. The Morgan fingerprint density at radius 2 is 2.23 bits per heavy atom. The summed E-state index contributed by atoms with van der Waals surface area (Å²) in [7, 11) is 1.75. The van der Waals surface area contributed by atoms with Crippen LogP contribution in [0.15, 0.2) is 47.3 Å². The fraction of sp³-hybridized carbons (Fsp3) is 0.412. The zero-order chi connectivity index (χ0) is 15.4. The first-order chi connectivity index (χ1) is 10.8. The summed E-state index contributed by atoms with van der Waals surface area (Å²) < 4.78 is 10.4. The fourth-order valence-electron chi connectivity index (χ4n) is 3.11. The predicted octanol–water partition coefficient (Wildman–Crippen LogP) is 2.39. The highest BCUT2D eigenvalue weighted by Gasteiger charge is 2.32. The molecule has 1 saturated heterocycles. The number of carbonyl (C=O) groups excluding carboxylic acids is 1. The molecule has 1 aromatic carbocycles. The highest BCUT2D eigenvalue weighted by atomic mass is 16.5. The van der Waals surface area contributed by atoms with Gasteiger partial charge in [-0.2, -0.15) is 0 Å². The van der Waals surface area contributed by atoms with Crippen molar-refractivity contribution in [1.29, 1.82) is 0 Å². The summed E-state index contributed by atoms with van der Waals surface area (Å²) in [5.74, 6) is 0.277. The molecule has 2 heterocycles. The first kappa shape index (κ1) is 14.8. The lowest BCUT2D eigenvalue weighted by Gasteiger charge is -2.37. The SMILES string of the molecule is CO[C@H]1CCN(C(=O)c2cnoc2)C[C@@H]1Cc1ccccc1. The van der Waals surface area contributed by atoms with E-state index in [4.69, 9.17) is 9.26 Å². The summed E-state index contributed by atoms with van der Waals surface area (Å²) in [5, 5.41) is 3.61. The third-order valence-corrected chi connectivity index (χ3v) is 4.27. The zero-order valence-electron chi connectivity index (χ0n) is 12.6. The van der Waals surface area contributed by atoms with Gasteiger partial charge in [-0.3, -0.25) is 4.79 Å². The molecule has 116 valence electrons. The van der Waals surface area contributed by atoms with E-state index in [0.717, 1.165) is 12.8 Å². The van der Waals surface area contributed by atoms with Gasteiger partial charge in [0.05, 0.1) is 17.9 Å². The van der Waals surface area contributed by atoms with Crippen molar-refractivity contribution in [3.8, 4) is 0 Å². The number of benzene rings is 1. The van der Waals surface area contributed by atoms with E-state index in [1.807, 2.05) is 23.1 Å². The van der Waals surface area contributed by atoms with Gasteiger partial charge in [0.1, 0.15) is 6.26 Å². The Labute approximate surface area is 129 Å². The van der Waals surface area contributed by atoms with Gasteiger partial charge in [0.2, 0.25) is 0 Å². The summed E-state index contributed by atoms with van der Waals surface area (Å²) >= 11 is 0. The number of carbonyl (C=O) groups is 1. The minimum absolute atomic E-state index is 0.0196. The molecule has 22 heavy (non-hydrogen) atoms. The first-order valence-electron chi connectivity index (χ1n) is 7.53. The Morgan fingerprint density at radius 1 is 1.41 bits per heavy atom. The standard InChI is InChI=1S/C17H20N2O3/c1-21-16-7-8-19(17(20)15-10-18-22-12-15)11-14(16)9-13-5-3-2-4-6-13/h2-6,10,12,14,16H,7-9,11H2,1H3/t14-,16-/m0/s1. The van der Waals surface area contributed by atoms with Gasteiger partial charge >= 0.3 is 0 Å². The van der Waals surface area contributed by atoms with Crippen molar-refractivity contribution in [3.05, 3.63) is 53.9 Å². The monoisotopic (exact) mass is 300 g/mol. The molecular weight excluding hydrogens is 280 g/mol. The maximum absolute atomic E-state index is 12.4. The molecule has 0 spiro atoms. The minimum atomic E-state index is -0.0196. The van der Waals surface area contributed by atoms with E-state index in [9.17, 15) is 4.79 Å². The molecule has 5 heteroatoms. The van der Waals surface area contributed by atoms with Gasteiger partial charge in [0.25, 0.3) is 5.91 Å². The van der Waals surface area contributed by atoms with Crippen LogP contribution in [0.4, 0.5) is 0 Å². The molecule has 2 atom stereocenters. The molecule has 0 radical (unpaired) electrons. The minimum Gasteiger partial charge on any atom is -0.381 e. The van der Waals surface area contributed by atoms with E-state index in [1.54, 1.807) is 7.11 Å². The molecule has 1 amide bonds. The average molecular weight is 300 g/mol. The molecule has 2 aromatic rings. The lowest BCUT2D eigenvalue weighted by Crippen LogP contribution is -2.47. The average Bonchev–Trinajstić information content (AvgIpc) is 3.09. The van der Waals surface area contributed by atoms with Crippen LogP contribution in [0, 0.1) is 5.92 Å². The van der Waals surface area contributed by atoms with Crippen LogP contribution >= 0.6 is 0 Å². The Kier molecular flexibility index (Phi) is 4.53. The second kappa shape index (κ2) is 6.75. The van der Waals surface area contributed by atoms with Gasteiger partial charge in [-0.05, 0) is 18.4 Å². The first-order valence-corrected chi connectivity index (χ1v) is 7.53. The van der Waals surface area contributed by atoms with Crippen LogP contribution in [-0.2, 0) is 11.2 Å². The van der Waals surface area contributed by atoms with Crippen LogP contribution in [0.1, 0.15) is 22.3 Å². The van der Waals surface area contributed by atoms with E-state index >= 15 is 0 Å². The van der Waals surface area contributed by atoms with Crippen molar-refractivity contribution >= 4 is 5.91 Å². The lowest BCUT2D eigenvalue weighted by molar-refractivity contribution is -0.00301. The van der Waals surface area contributed by atoms with Crippen LogP contribution in [0.5, 0.6) is 0 Å². The Bertz CT molecular complexity index is 598. The van der Waals surface area contributed by atoms with E-state index in [1.165, 1.54) is 18.0 Å². The van der Waals surface area contributed by atoms with Gasteiger partial charge in [-0.25, -0.2) is 0 Å². The maximum Gasteiger partial charge on any atom is 0.258 e. The van der Waals surface area contributed by atoms with Crippen molar-refractivity contribution in [2.45, 2.75) is 18.9 Å². The third-order valence-electron chi connectivity index (χ3n) is 4.27. The van der Waals surface area contributed by atoms with Crippen molar-refractivity contribution in [2.75, 3.05) is 20.2 Å². The van der Waals surface area contributed by atoms with Crippen LogP contribution in [0.2, 0.25) is 0 Å². The number of nitrogens with zero attached hydrogens (tertiary/aromatic N) is 2. The highest BCUT2D eigenvalue weighted by Crippen LogP contribution is 2.24. The summed E-state index contributed by atoms with van der Waals surface area (Å²) in [6.45, 7) is 1.39. The molecule has 0 aliphatic carbocycles. The molecule has 1 aromatic heterocycles. The van der Waals surface area contributed by atoms with Crippen molar-refractivity contribution < 1.29 is 14.1 Å². The summed E-state index contributed by atoms with van der Waals surface area (Å²) in [6.07, 6.45) is 4.82. The van der Waals surface area contributed by atoms with E-state index < -0.39 is 0 Å². The van der Waals surface area contributed by atoms with Crippen molar-refractivity contribution in [2.24, 2.45) is 5.92 Å². The number of hydrogen-bond donors (Lipinski definition) is 0. The maximum atomic E-state index is 12.4. The summed E-state index contributed by atoms with van der Waals surface area (Å²) in [6, 6.07) is 10.3. The van der Waals surface area contributed by atoms with Gasteiger partial charge in [0.15, 0.2) is 0 Å². The molecule has 0 saturated carbocycles. The second-order valence-electron chi connectivity index (χ2n) is 5.68. The third kappa shape index (κ3) is 3.20. The van der Waals surface area contributed by atoms with E-state index in [0.29, 0.717) is 24.6 Å². The summed E-state index contributed by atoms with van der Waals surface area (Å²) in [5.41, 5.74) is 1.78. The molecule has 3 rings (SSSR count). The number of rotatable bonds is 4. The van der Waals surface area contributed by atoms with Gasteiger partial charge in [-0.15, -0.1) is 0 Å².